The summed E-state index contributed by atoms with van der Waals surface area (Å²) in [5, 5.41) is 1.22. The Bertz CT molecular complexity index is 344. The maximum atomic E-state index is 6.01. The number of halogens is 2. The summed E-state index contributed by atoms with van der Waals surface area (Å²) in [7, 11) is 0. The maximum Gasteiger partial charge on any atom is 0.142 e. The molecule has 1 aliphatic rings. The van der Waals surface area contributed by atoms with Crippen molar-refractivity contribution in [3.05, 3.63) is 28.8 Å². The molecule has 0 aliphatic carbocycles. The van der Waals surface area contributed by atoms with Crippen molar-refractivity contribution < 1.29 is 0 Å². The minimum atomic E-state index is 0.611. The highest BCUT2D eigenvalue weighted by molar-refractivity contribution is 6.42. The van der Waals surface area contributed by atoms with Crippen LogP contribution < -0.4 is 9.80 Å². The summed E-state index contributed by atoms with van der Waals surface area (Å²) in [6.07, 6.45) is 0. The zero-order chi connectivity index (χ0) is 11.0. The van der Waals surface area contributed by atoms with Crippen LogP contribution in [-0.2, 0) is 0 Å². The molecule has 0 atom stereocenters. The van der Waals surface area contributed by atoms with Crippen LogP contribution in [0.3, 0.4) is 0 Å². The molecular weight excluding hydrogens is 231 g/mol. The van der Waals surface area contributed by atoms with Crippen molar-refractivity contribution in [3.8, 4) is 0 Å². The summed E-state index contributed by atoms with van der Waals surface area (Å²) in [5.74, 6) is 0. The zero-order valence-corrected chi connectivity index (χ0v) is 10.3. The van der Waals surface area contributed by atoms with Gasteiger partial charge in [-0.3, -0.25) is 0 Å². The van der Waals surface area contributed by atoms with E-state index in [0.29, 0.717) is 10.0 Å². The molecule has 15 heavy (non-hydrogen) atoms. The van der Waals surface area contributed by atoms with Crippen LogP contribution in [0.15, 0.2) is 12.1 Å². The van der Waals surface area contributed by atoms with Gasteiger partial charge in [-0.15, -0.1) is 0 Å². The molecule has 0 unspecified atom stereocenters. The van der Waals surface area contributed by atoms with E-state index in [1.54, 1.807) is 0 Å². The first-order valence-corrected chi connectivity index (χ1v) is 5.80. The first-order chi connectivity index (χ1) is 7.17. The van der Waals surface area contributed by atoms with Crippen molar-refractivity contribution >= 4 is 34.6 Å². The lowest BCUT2D eigenvalue weighted by Gasteiger charge is -2.17. The number of anilines is 2. The van der Waals surface area contributed by atoms with Crippen molar-refractivity contribution in [1.29, 1.82) is 0 Å². The average Bonchev–Trinajstić information content (AvgIpc) is 2.56. The van der Waals surface area contributed by atoms with Crippen LogP contribution in [0.4, 0.5) is 11.4 Å². The lowest BCUT2D eigenvalue weighted by atomic mass is 10.2. The smallest absolute Gasteiger partial charge is 0.142 e. The second-order valence-corrected chi connectivity index (χ2v) is 4.26. The van der Waals surface area contributed by atoms with Crippen molar-refractivity contribution in [3.63, 3.8) is 0 Å². The fourth-order valence-corrected chi connectivity index (χ4v) is 2.10. The fraction of sp³-hybridized carbons (Fsp3) is 0.364. The lowest BCUT2D eigenvalue weighted by Crippen LogP contribution is -2.24. The Hall–Kier alpha value is -0.600. The Labute approximate surface area is 100 Å². The SMILES string of the molecule is CCN1[CH]N(CC)c2cc(Cl)c(Cl)cc21. The van der Waals surface area contributed by atoms with Crippen molar-refractivity contribution in [2.45, 2.75) is 13.8 Å². The molecule has 0 saturated carbocycles. The number of fused-ring (bicyclic) bond motifs is 1. The summed E-state index contributed by atoms with van der Waals surface area (Å²) in [6, 6.07) is 3.85. The van der Waals surface area contributed by atoms with Crippen LogP contribution in [0.2, 0.25) is 10.0 Å². The van der Waals surface area contributed by atoms with Crippen molar-refractivity contribution in [2.24, 2.45) is 0 Å². The third-order valence-electron chi connectivity index (χ3n) is 2.60. The van der Waals surface area contributed by atoms with Gasteiger partial charge in [0.1, 0.15) is 6.67 Å². The molecule has 2 rings (SSSR count). The van der Waals surface area contributed by atoms with Gasteiger partial charge in [0.25, 0.3) is 0 Å². The Morgan fingerprint density at radius 1 is 0.933 bits per heavy atom. The molecule has 1 heterocycles. The van der Waals surface area contributed by atoms with Gasteiger partial charge in [-0.05, 0) is 26.0 Å². The Morgan fingerprint density at radius 2 is 1.33 bits per heavy atom. The van der Waals surface area contributed by atoms with E-state index in [0.717, 1.165) is 24.5 Å². The van der Waals surface area contributed by atoms with E-state index in [4.69, 9.17) is 23.2 Å². The third-order valence-corrected chi connectivity index (χ3v) is 3.32. The topological polar surface area (TPSA) is 6.48 Å². The summed E-state index contributed by atoms with van der Waals surface area (Å²) in [4.78, 5) is 4.34. The normalized spacial score (nSPS) is 14.7. The molecule has 81 valence electrons. The molecule has 0 N–H and O–H groups in total. The van der Waals surface area contributed by atoms with Gasteiger partial charge in [0.2, 0.25) is 0 Å². The predicted molar refractivity (Wildman–Crippen MR) is 66.8 cm³/mol. The third kappa shape index (κ3) is 1.77. The number of hydrogen-bond donors (Lipinski definition) is 0. The molecule has 1 radical (unpaired) electrons. The lowest BCUT2D eigenvalue weighted by molar-refractivity contribution is 0.893. The largest absolute Gasteiger partial charge is 0.346 e. The summed E-state index contributed by atoms with van der Waals surface area (Å²) in [6.45, 7) is 8.18. The molecule has 1 aromatic rings. The second kappa shape index (κ2) is 4.11. The van der Waals surface area contributed by atoms with E-state index >= 15 is 0 Å². The Balaban J connectivity index is 2.49. The van der Waals surface area contributed by atoms with Gasteiger partial charge in [0.05, 0.1) is 21.4 Å². The van der Waals surface area contributed by atoms with Crippen LogP contribution in [-0.4, -0.2) is 13.1 Å². The van der Waals surface area contributed by atoms with Crippen LogP contribution in [0.1, 0.15) is 13.8 Å². The quantitative estimate of drug-likeness (QED) is 0.781. The predicted octanol–water partition coefficient (Wildman–Crippen LogP) is 3.78. The van der Waals surface area contributed by atoms with E-state index in [9.17, 15) is 0 Å². The fourth-order valence-electron chi connectivity index (χ4n) is 1.78. The van der Waals surface area contributed by atoms with Gasteiger partial charge in [0.15, 0.2) is 0 Å². The summed E-state index contributed by atoms with van der Waals surface area (Å²) >= 11 is 12.0. The molecule has 1 aromatic carbocycles. The molecular formula is C11H13Cl2N2. The van der Waals surface area contributed by atoms with Crippen LogP contribution in [0.25, 0.3) is 0 Å². The summed E-state index contributed by atoms with van der Waals surface area (Å²) in [5.41, 5.74) is 2.27. The molecule has 0 fully saturated rings. The molecule has 1 aliphatic heterocycles. The maximum absolute atomic E-state index is 6.01. The molecule has 0 bridgehead atoms. The number of nitrogens with zero attached hydrogens (tertiary/aromatic N) is 2. The molecule has 2 nitrogen and oxygen atoms in total. The van der Waals surface area contributed by atoms with E-state index in [1.807, 2.05) is 12.1 Å². The van der Waals surface area contributed by atoms with Gasteiger partial charge in [0, 0.05) is 13.1 Å². The van der Waals surface area contributed by atoms with Crippen LogP contribution in [0, 0.1) is 6.67 Å². The van der Waals surface area contributed by atoms with Gasteiger partial charge in [-0.25, -0.2) is 0 Å². The highest BCUT2D eigenvalue weighted by Gasteiger charge is 2.25. The second-order valence-electron chi connectivity index (χ2n) is 3.44. The first kappa shape index (κ1) is 10.9. The van der Waals surface area contributed by atoms with Gasteiger partial charge in [-0.1, -0.05) is 23.2 Å². The first-order valence-electron chi connectivity index (χ1n) is 5.04. The highest BCUT2D eigenvalue weighted by atomic mass is 35.5. The van der Waals surface area contributed by atoms with Gasteiger partial charge in [-0.2, -0.15) is 0 Å². The standard InChI is InChI=1S/C11H13Cl2N2/c1-3-14-7-15(4-2)11-6-9(13)8(12)5-10(11)14/h5-7H,3-4H2,1-2H3. The van der Waals surface area contributed by atoms with Crippen LogP contribution >= 0.6 is 23.2 Å². The molecule has 0 saturated heterocycles. The monoisotopic (exact) mass is 243 g/mol. The Morgan fingerprint density at radius 3 is 1.67 bits per heavy atom. The van der Waals surface area contributed by atoms with E-state index in [-0.39, 0.29) is 0 Å². The van der Waals surface area contributed by atoms with E-state index in [2.05, 4.69) is 30.3 Å². The van der Waals surface area contributed by atoms with E-state index < -0.39 is 0 Å². The number of hydrogen-bond acceptors (Lipinski definition) is 2. The molecule has 0 aromatic heterocycles. The minimum absolute atomic E-state index is 0.611. The van der Waals surface area contributed by atoms with Gasteiger partial charge >= 0.3 is 0 Å². The summed E-state index contributed by atoms with van der Waals surface area (Å²) < 4.78 is 0. The minimum Gasteiger partial charge on any atom is -0.346 e. The van der Waals surface area contributed by atoms with E-state index in [1.165, 1.54) is 0 Å². The van der Waals surface area contributed by atoms with Crippen LogP contribution in [0.5, 0.6) is 0 Å². The van der Waals surface area contributed by atoms with Crippen molar-refractivity contribution in [2.75, 3.05) is 22.9 Å². The van der Waals surface area contributed by atoms with Gasteiger partial charge < -0.3 is 9.80 Å². The average molecular weight is 244 g/mol. The number of benzene rings is 1. The van der Waals surface area contributed by atoms with Crippen molar-refractivity contribution in [1.82, 2.24) is 0 Å². The zero-order valence-electron chi connectivity index (χ0n) is 8.80. The molecule has 0 spiro atoms. The highest BCUT2D eigenvalue weighted by Crippen LogP contribution is 2.42. The number of rotatable bonds is 2. The Kier molecular flexibility index (Phi) is 2.98. The molecule has 4 heteroatoms. The molecule has 0 amide bonds.